The fraction of sp³-hybridized carbons (Fsp3) is 0.833. The van der Waals surface area contributed by atoms with E-state index in [9.17, 15) is 0 Å². The third-order valence-electron chi connectivity index (χ3n) is 1.50. The summed E-state index contributed by atoms with van der Waals surface area (Å²) < 4.78 is 2.01. The predicted octanol–water partition coefficient (Wildman–Crippen LogP) is 2.38. The van der Waals surface area contributed by atoms with E-state index in [0.29, 0.717) is 0 Å². The van der Waals surface area contributed by atoms with Crippen LogP contribution in [0.4, 0.5) is 0 Å². The number of nitrogens with zero attached hydrogens (tertiary/aromatic N) is 3. The van der Waals surface area contributed by atoms with Gasteiger partial charge in [0.1, 0.15) is 6.34 Å². The smallest absolute Gasteiger partial charge is 0.184 e. The molecule has 1 aliphatic rings. The maximum atomic E-state index is 4.22. The van der Waals surface area contributed by atoms with Gasteiger partial charge in [0, 0.05) is 6.54 Å². The van der Waals surface area contributed by atoms with Gasteiger partial charge in [0.05, 0.1) is 22.9 Å². The molecule has 0 amide bonds. The average Bonchev–Trinajstić information content (AvgIpc) is 2.31. The van der Waals surface area contributed by atoms with Crippen LogP contribution in [-0.4, -0.2) is 26.1 Å². The van der Waals surface area contributed by atoms with Gasteiger partial charge in [0.25, 0.3) is 0 Å². The highest BCUT2D eigenvalue weighted by atomic mass is 127. The molecule has 64 valence electrons. The highest BCUT2D eigenvalue weighted by Gasteiger charge is 2.21. The zero-order valence-electron chi connectivity index (χ0n) is 6.37. The Morgan fingerprint density at radius 1 is 1.73 bits per heavy atom. The Hall–Kier alpha value is 0.480. The molecule has 1 heterocycles. The van der Waals surface area contributed by atoms with Crippen LogP contribution in [0.5, 0.6) is 0 Å². The molecule has 5 heteroatoms. The molecule has 0 N–H and O–H groups in total. The second-order valence-corrected chi connectivity index (χ2v) is 4.34. The Balaban J connectivity index is 2.31. The summed E-state index contributed by atoms with van der Waals surface area (Å²) in [5.41, 5.74) is 0. The van der Waals surface area contributed by atoms with Crippen molar-refractivity contribution in [3.8, 4) is 0 Å². The summed E-state index contributed by atoms with van der Waals surface area (Å²) in [6, 6.07) is 0. The zero-order valence-corrected chi connectivity index (χ0v) is 10.1. The van der Waals surface area contributed by atoms with Crippen LogP contribution in [-0.2, 0) is 0 Å². The van der Waals surface area contributed by atoms with Crippen molar-refractivity contribution in [2.24, 2.45) is 5.10 Å². The Labute approximate surface area is 89.4 Å². The quantitative estimate of drug-likeness (QED) is 0.342. The lowest BCUT2D eigenvalue weighted by atomic mass is 10.3. The number of halogens is 2. The lowest BCUT2D eigenvalue weighted by molar-refractivity contribution is 0.261. The first-order valence-corrected chi connectivity index (χ1v) is 5.52. The van der Waals surface area contributed by atoms with Gasteiger partial charge in [-0.05, 0) is 22.4 Å². The molecule has 0 saturated heterocycles. The summed E-state index contributed by atoms with van der Waals surface area (Å²) in [6.45, 7) is 3.22. The van der Waals surface area contributed by atoms with E-state index in [0.717, 1.165) is 6.54 Å². The standard InChI is InChI=1S/C6H11BrIN3/c1-2-3-4-11-6(7)10(8)5-9-11/h5-6H,2-4H2,1H3. The number of unbranched alkanes of at least 4 members (excludes halogenated alkanes) is 1. The number of alkyl halides is 1. The van der Waals surface area contributed by atoms with Crippen molar-refractivity contribution < 1.29 is 0 Å². The average molecular weight is 332 g/mol. The summed E-state index contributed by atoms with van der Waals surface area (Å²) in [6.07, 6.45) is 4.24. The van der Waals surface area contributed by atoms with Gasteiger partial charge in [-0.25, -0.2) is 0 Å². The maximum Gasteiger partial charge on any atom is 0.184 e. The summed E-state index contributed by atoms with van der Waals surface area (Å²) >= 11 is 5.74. The van der Waals surface area contributed by atoms with Crippen LogP contribution in [0.3, 0.4) is 0 Å². The van der Waals surface area contributed by atoms with Crippen LogP contribution in [0, 0.1) is 0 Å². The Morgan fingerprint density at radius 2 is 2.45 bits per heavy atom. The van der Waals surface area contributed by atoms with Crippen molar-refractivity contribution in [1.82, 2.24) is 8.12 Å². The summed E-state index contributed by atoms with van der Waals surface area (Å²) in [5.74, 6) is 0. The molecular weight excluding hydrogens is 321 g/mol. The minimum atomic E-state index is 0.245. The maximum absolute atomic E-state index is 4.22. The van der Waals surface area contributed by atoms with E-state index >= 15 is 0 Å². The zero-order chi connectivity index (χ0) is 8.27. The molecule has 0 aromatic carbocycles. The second-order valence-electron chi connectivity index (χ2n) is 2.40. The lowest BCUT2D eigenvalue weighted by Gasteiger charge is -2.20. The lowest BCUT2D eigenvalue weighted by Crippen LogP contribution is -2.29. The number of hydrogen-bond donors (Lipinski definition) is 0. The highest BCUT2D eigenvalue weighted by molar-refractivity contribution is 14.1. The van der Waals surface area contributed by atoms with Crippen LogP contribution in [0.15, 0.2) is 5.10 Å². The van der Waals surface area contributed by atoms with E-state index in [4.69, 9.17) is 0 Å². The van der Waals surface area contributed by atoms with Crippen LogP contribution >= 0.6 is 38.8 Å². The van der Waals surface area contributed by atoms with Gasteiger partial charge in [-0.2, -0.15) is 5.10 Å². The monoisotopic (exact) mass is 331 g/mol. The van der Waals surface area contributed by atoms with Crippen LogP contribution in [0.25, 0.3) is 0 Å². The molecule has 3 nitrogen and oxygen atoms in total. The first-order chi connectivity index (χ1) is 5.25. The van der Waals surface area contributed by atoms with Crippen molar-refractivity contribution in [2.75, 3.05) is 6.54 Å². The molecule has 0 saturated carbocycles. The third-order valence-corrected chi connectivity index (χ3v) is 3.96. The van der Waals surface area contributed by atoms with Crippen molar-refractivity contribution in [3.05, 3.63) is 0 Å². The normalized spacial score (nSPS) is 23.4. The van der Waals surface area contributed by atoms with Gasteiger partial charge in [0.2, 0.25) is 0 Å². The molecule has 1 atom stereocenters. The van der Waals surface area contributed by atoms with Crippen molar-refractivity contribution in [2.45, 2.75) is 24.8 Å². The summed E-state index contributed by atoms with van der Waals surface area (Å²) in [5, 5.41) is 6.50. The first kappa shape index (κ1) is 9.57. The molecule has 0 spiro atoms. The number of hydrogen-bond acceptors (Lipinski definition) is 3. The third kappa shape index (κ3) is 2.47. The topological polar surface area (TPSA) is 18.8 Å². The summed E-state index contributed by atoms with van der Waals surface area (Å²) in [7, 11) is 0. The van der Waals surface area contributed by atoms with Gasteiger partial charge in [-0.1, -0.05) is 13.3 Å². The van der Waals surface area contributed by atoms with Crippen molar-refractivity contribution in [1.29, 1.82) is 0 Å². The van der Waals surface area contributed by atoms with E-state index in [-0.39, 0.29) is 5.08 Å². The molecule has 1 aliphatic heterocycles. The van der Waals surface area contributed by atoms with Gasteiger partial charge in [-0.3, -0.25) is 8.12 Å². The van der Waals surface area contributed by atoms with E-state index in [1.54, 1.807) is 0 Å². The van der Waals surface area contributed by atoms with Crippen molar-refractivity contribution >= 4 is 45.1 Å². The van der Waals surface area contributed by atoms with Crippen molar-refractivity contribution in [3.63, 3.8) is 0 Å². The fourth-order valence-corrected chi connectivity index (χ4v) is 1.65. The fourth-order valence-electron chi connectivity index (χ4n) is 0.837. The second kappa shape index (κ2) is 4.49. The van der Waals surface area contributed by atoms with E-state index in [1.165, 1.54) is 12.8 Å². The van der Waals surface area contributed by atoms with Gasteiger partial charge < -0.3 is 0 Å². The molecule has 0 fully saturated rings. The number of rotatable bonds is 3. The summed E-state index contributed by atoms with van der Waals surface area (Å²) in [4.78, 5) is 0. The molecule has 0 radical (unpaired) electrons. The van der Waals surface area contributed by atoms with Gasteiger partial charge >= 0.3 is 0 Å². The molecule has 0 bridgehead atoms. The Kier molecular flexibility index (Phi) is 3.91. The van der Waals surface area contributed by atoms with E-state index < -0.39 is 0 Å². The molecule has 1 rings (SSSR count). The number of hydrazone groups is 1. The molecular formula is C6H11BrIN3. The highest BCUT2D eigenvalue weighted by Crippen LogP contribution is 2.21. The minimum absolute atomic E-state index is 0.245. The van der Waals surface area contributed by atoms with Crippen LogP contribution in [0.1, 0.15) is 19.8 Å². The molecule has 1 unspecified atom stereocenters. The molecule has 0 aliphatic carbocycles. The first-order valence-electron chi connectivity index (χ1n) is 3.64. The molecule has 11 heavy (non-hydrogen) atoms. The van der Waals surface area contributed by atoms with Gasteiger partial charge in [-0.15, -0.1) is 0 Å². The largest absolute Gasteiger partial charge is 0.270 e. The minimum Gasteiger partial charge on any atom is -0.270 e. The SMILES string of the molecule is CCCCN1N=CN(I)C1Br. The Bertz CT molecular complexity index is 153. The molecule has 0 aromatic heterocycles. The molecule has 0 aromatic rings. The van der Waals surface area contributed by atoms with E-state index in [2.05, 4.69) is 50.8 Å². The predicted molar refractivity (Wildman–Crippen MR) is 58.7 cm³/mol. The van der Waals surface area contributed by atoms with E-state index in [1.807, 2.05) is 14.5 Å². The Morgan fingerprint density at radius 3 is 2.91 bits per heavy atom. The van der Waals surface area contributed by atoms with Crippen LogP contribution in [0.2, 0.25) is 0 Å². The van der Waals surface area contributed by atoms with Crippen LogP contribution < -0.4 is 0 Å². The van der Waals surface area contributed by atoms with Gasteiger partial charge in [0.15, 0.2) is 5.08 Å².